The predicted molar refractivity (Wildman–Crippen MR) is 60.6 cm³/mol. The van der Waals surface area contributed by atoms with Crippen molar-refractivity contribution in [2.75, 3.05) is 7.05 Å². The zero-order valence-electron chi connectivity index (χ0n) is 9.73. The SMILES string of the molecule is CN1C2CCC1CC(C(O)C1CCC1)C2. The Hall–Kier alpha value is -0.0800. The van der Waals surface area contributed by atoms with Crippen molar-refractivity contribution in [1.82, 2.24) is 4.90 Å². The van der Waals surface area contributed by atoms with Gasteiger partial charge in [-0.15, -0.1) is 0 Å². The van der Waals surface area contributed by atoms with Crippen molar-refractivity contribution < 1.29 is 5.11 Å². The van der Waals surface area contributed by atoms with Gasteiger partial charge in [0, 0.05) is 12.1 Å². The molecule has 3 fully saturated rings. The Kier molecular flexibility index (Phi) is 2.52. The van der Waals surface area contributed by atoms with Gasteiger partial charge in [-0.3, -0.25) is 0 Å². The fourth-order valence-corrected chi connectivity index (χ4v) is 3.90. The summed E-state index contributed by atoms with van der Waals surface area (Å²) in [6, 6.07) is 1.56. The highest BCUT2D eigenvalue weighted by Gasteiger charge is 2.42. The van der Waals surface area contributed by atoms with E-state index in [2.05, 4.69) is 11.9 Å². The van der Waals surface area contributed by atoms with Crippen LogP contribution in [0.15, 0.2) is 0 Å². The van der Waals surface area contributed by atoms with E-state index >= 15 is 0 Å². The standard InChI is InChI=1S/C13H23NO/c1-14-11-5-6-12(14)8-10(7-11)13(15)9-3-2-4-9/h9-13,15H,2-8H2,1H3. The number of aliphatic hydroxyl groups excluding tert-OH is 1. The van der Waals surface area contributed by atoms with E-state index < -0.39 is 0 Å². The summed E-state index contributed by atoms with van der Waals surface area (Å²) in [4.78, 5) is 2.56. The Bertz CT molecular complexity index is 225. The molecule has 3 aliphatic rings. The quantitative estimate of drug-likeness (QED) is 0.752. The summed E-state index contributed by atoms with van der Waals surface area (Å²) in [6.45, 7) is 0. The molecule has 1 aliphatic carbocycles. The summed E-state index contributed by atoms with van der Waals surface area (Å²) in [7, 11) is 2.27. The van der Waals surface area contributed by atoms with Crippen LogP contribution in [0.1, 0.15) is 44.9 Å². The number of aliphatic hydroxyl groups is 1. The molecule has 0 aromatic heterocycles. The average molecular weight is 209 g/mol. The van der Waals surface area contributed by atoms with Gasteiger partial charge in [-0.25, -0.2) is 0 Å². The van der Waals surface area contributed by atoms with E-state index in [4.69, 9.17) is 0 Å². The Morgan fingerprint density at radius 1 is 1.00 bits per heavy atom. The van der Waals surface area contributed by atoms with Gasteiger partial charge in [0.25, 0.3) is 0 Å². The van der Waals surface area contributed by atoms with Gasteiger partial charge >= 0.3 is 0 Å². The highest BCUT2D eigenvalue weighted by atomic mass is 16.3. The first-order valence-electron chi connectivity index (χ1n) is 6.65. The van der Waals surface area contributed by atoms with E-state index in [1.807, 2.05) is 0 Å². The molecule has 2 saturated heterocycles. The zero-order valence-corrected chi connectivity index (χ0v) is 9.73. The molecule has 2 nitrogen and oxygen atoms in total. The molecule has 0 aromatic carbocycles. The normalized spacial score (nSPS) is 44.0. The Labute approximate surface area is 92.7 Å². The average Bonchev–Trinajstić information content (AvgIpc) is 2.37. The number of fused-ring (bicyclic) bond motifs is 2. The van der Waals surface area contributed by atoms with Crippen molar-refractivity contribution in [3.05, 3.63) is 0 Å². The van der Waals surface area contributed by atoms with Crippen LogP contribution in [0, 0.1) is 11.8 Å². The lowest BCUT2D eigenvalue weighted by molar-refractivity contribution is -0.0218. The lowest BCUT2D eigenvalue weighted by Crippen LogP contribution is -2.45. The van der Waals surface area contributed by atoms with E-state index in [1.165, 1.54) is 44.9 Å². The van der Waals surface area contributed by atoms with Crippen LogP contribution < -0.4 is 0 Å². The van der Waals surface area contributed by atoms with Crippen molar-refractivity contribution >= 4 is 0 Å². The maximum absolute atomic E-state index is 10.3. The minimum Gasteiger partial charge on any atom is -0.393 e. The molecule has 2 heterocycles. The molecule has 0 amide bonds. The van der Waals surface area contributed by atoms with Gasteiger partial charge in [0.1, 0.15) is 0 Å². The monoisotopic (exact) mass is 209 g/mol. The molecule has 0 spiro atoms. The van der Waals surface area contributed by atoms with E-state index in [1.54, 1.807) is 0 Å². The van der Waals surface area contributed by atoms with Crippen molar-refractivity contribution in [3.63, 3.8) is 0 Å². The number of nitrogens with zero attached hydrogens (tertiary/aromatic N) is 1. The van der Waals surface area contributed by atoms with Gasteiger partial charge in [-0.1, -0.05) is 6.42 Å². The van der Waals surface area contributed by atoms with Crippen LogP contribution >= 0.6 is 0 Å². The number of hydrogen-bond acceptors (Lipinski definition) is 2. The molecule has 2 aliphatic heterocycles. The van der Waals surface area contributed by atoms with Gasteiger partial charge in [-0.05, 0) is 57.4 Å². The Balaban J connectivity index is 1.64. The van der Waals surface area contributed by atoms with Crippen LogP contribution in [-0.2, 0) is 0 Å². The molecule has 3 rings (SSSR count). The van der Waals surface area contributed by atoms with Gasteiger partial charge in [0.15, 0.2) is 0 Å². The Morgan fingerprint density at radius 2 is 1.60 bits per heavy atom. The van der Waals surface area contributed by atoms with Crippen molar-refractivity contribution in [2.24, 2.45) is 11.8 Å². The summed E-state index contributed by atoms with van der Waals surface area (Å²) in [5.74, 6) is 1.27. The molecule has 1 saturated carbocycles. The maximum Gasteiger partial charge on any atom is 0.0597 e. The molecule has 86 valence electrons. The third-order valence-electron chi connectivity index (χ3n) is 5.25. The second-order valence-corrected chi connectivity index (χ2v) is 5.96. The second kappa shape index (κ2) is 3.74. The van der Waals surface area contributed by atoms with Crippen LogP contribution in [-0.4, -0.2) is 35.2 Å². The molecule has 0 aromatic rings. The molecule has 2 heteroatoms. The van der Waals surface area contributed by atoms with Gasteiger partial charge in [-0.2, -0.15) is 0 Å². The summed E-state index contributed by atoms with van der Waals surface area (Å²) < 4.78 is 0. The number of rotatable bonds is 2. The molecule has 1 N–H and O–H groups in total. The van der Waals surface area contributed by atoms with Crippen LogP contribution in [0.2, 0.25) is 0 Å². The smallest absolute Gasteiger partial charge is 0.0597 e. The van der Waals surface area contributed by atoms with Crippen LogP contribution in [0.5, 0.6) is 0 Å². The zero-order chi connectivity index (χ0) is 10.4. The topological polar surface area (TPSA) is 23.5 Å². The highest BCUT2D eigenvalue weighted by molar-refractivity contribution is 4.96. The minimum atomic E-state index is 0.0237. The number of piperidine rings is 1. The molecule has 15 heavy (non-hydrogen) atoms. The van der Waals surface area contributed by atoms with E-state index in [0.717, 1.165) is 12.1 Å². The van der Waals surface area contributed by atoms with E-state index in [9.17, 15) is 5.11 Å². The van der Waals surface area contributed by atoms with Gasteiger partial charge in [0.2, 0.25) is 0 Å². The first kappa shape index (κ1) is 10.1. The summed E-state index contributed by atoms with van der Waals surface area (Å²) in [5.41, 5.74) is 0. The summed E-state index contributed by atoms with van der Waals surface area (Å²) >= 11 is 0. The molecule has 3 unspecified atom stereocenters. The van der Waals surface area contributed by atoms with Crippen LogP contribution in [0.4, 0.5) is 0 Å². The molecule has 0 radical (unpaired) electrons. The third kappa shape index (κ3) is 1.62. The largest absolute Gasteiger partial charge is 0.393 e. The second-order valence-electron chi connectivity index (χ2n) is 5.96. The predicted octanol–water partition coefficient (Wildman–Crippen LogP) is 2.02. The first-order chi connectivity index (χ1) is 7.25. The molecule has 2 bridgehead atoms. The van der Waals surface area contributed by atoms with Crippen molar-refractivity contribution in [3.8, 4) is 0 Å². The van der Waals surface area contributed by atoms with Crippen molar-refractivity contribution in [2.45, 2.75) is 63.1 Å². The summed E-state index contributed by atoms with van der Waals surface area (Å²) in [6.07, 6.45) is 9.18. The van der Waals surface area contributed by atoms with Crippen LogP contribution in [0.25, 0.3) is 0 Å². The third-order valence-corrected chi connectivity index (χ3v) is 5.25. The van der Waals surface area contributed by atoms with Crippen LogP contribution in [0.3, 0.4) is 0 Å². The van der Waals surface area contributed by atoms with E-state index in [-0.39, 0.29) is 6.10 Å². The highest BCUT2D eigenvalue weighted by Crippen LogP contribution is 2.42. The Morgan fingerprint density at radius 3 is 2.07 bits per heavy atom. The lowest BCUT2D eigenvalue weighted by atomic mass is 9.73. The van der Waals surface area contributed by atoms with Crippen molar-refractivity contribution in [1.29, 1.82) is 0 Å². The number of hydrogen-bond donors (Lipinski definition) is 1. The fraction of sp³-hybridized carbons (Fsp3) is 1.00. The minimum absolute atomic E-state index is 0.0237. The maximum atomic E-state index is 10.3. The fourth-order valence-electron chi connectivity index (χ4n) is 3.90. The van der Waals surface area contributed by atoms with Gasteiger partial charge in [0.05, 0.1) is 6.10 Å². The lowest BCUT2D eigenvalue weighted by Gasteiger charge is -2.42. The molecular weight excluding hydrogens is 186 g/mol. The molecule has 3 atom stereocenters. The molecular formula is C13H23NO. The summed E-state index contributed by atoms with van der Waals surface area (Å²) in [5, 5.41) is 10.3. The van der Waals surface area contributed by atoms with Gasteiger partial charge < -0.3 is 10.0 Å². The first-order valence-corrected chi connectivity index (χ1v) is 6.65. The van der Waals surface area contributed by atoms with E-state index in [0.29, 0.717) is 11.8 Å².